The molecule has 4 unspecified atom stereocenters. The first-order chi connectivity index (χ1) is 25.5. The molecule has 21 atom stereocenters. The van der Waals surface area contributed by atoms with Gasteiger partial charge in [0.25, 0.3) is 0 Å². The highest BCUT2D eigenvalue weighted by molar-refractivity contribution is 5.22. The lowest BCUT2D eigenvalue weighted by molar-refractivity contribution is -0.382. The standard InChI is InChI=1S/C42H74O13/c1-20(2)11-10-14-42(9,51)22-12-16-40(7)28(22)23(44)17-26-39(6)15-13-27(45)38(4,5)35(39)24(18-41(26,40)8)53-37-34(32(49)30(47)25(19-43)54-37)55-36-33(50)31(48)29(46)21(3)52-36/h20-37,43-51H,10-19H2,1-9H3/t21-,22?,23+,24-,25+,26?,27-,28?,29-,30+,31+,32-,33+,34+,35?,36-,37-,39+,40+,41+,42-/m0/s1. The Bertz CT molecular complexity index is 1330. The van der Waals surface area contributed by atoms with Crippen LogP contribution in [0.15, 0.2) is 0 Å². The van der Waals surface area contributed by atoms with Gasteiger partial charge in [0, 0.05) is 0 Å². The van der Waals surface area contributed by atoms with Crippen LogP contribution in [0.25, 0.3) is 0 Å². The first-order valence-electron chi connectivity index (χ1n) is 21.2. The van der Waals surface area contributed by atoms with E-state index >= 15 is 0 Å². The summed E-state index contributed by atoms with van der Waals surface area (Å²) < 4.78 is 25.1. The fraction of sp³-hybridized carbons (Fsp3) is 1.00. The van der Waals surface area contributed by atoms with Crippen molar-refractivity contribution < 1.29 is 64.9 Å². The second-order valence-corrected chi connectivity index (χ2v) is 20.7. The molecule has 9 N–H and O–H groups in total. The number of fused-ring (bicyclic) bond motifs is 5. The fourth-order valence-electron chi connectivity index (χ4n) is 13.5. The van der Waals surface area contributed by atoms with Gasteiger partial charge in [0.2, 0.25) is 0 Å². The molecule has 4 aliphatic carbocycles. The molecular weight excluding hydrogens is 712 g/mol. The Morgan fingerprint density at radius 3 is 2.11 bits per heavy atom. The molecule has 0 aromatic rings. The average Bonchev–Trinajstić information content (AvgIpc) is 3.49. The van der Waals surface area contributed by atoms with Gasteiger partial charge in [-0.2, -0.15) is 0 Å². The predicted molar refractivity (Wildman–Crippen MR) is 201 cm³/mol. The van der Waals surface area contributed by atoms with Crippen molar-refractivity contribution in [1.29, 1.82) is 0 Å². The molecule has 0 bridgehead atoms. The van der Waals surface area contributed by atoms with Crippen LogP contribution in [0.5, 0.6) is 0 Å². The van der Waals surface area contributed by atoms with Crippen molar-refractivity contribution in [3.8, 4) is 0 Å². The lowest BCUT2D eigenvalue weighted by Gasteiger charge is -2.72. The molecule has 2 saturated heterocycles. The van der Waals surface area contributed by atoms with Crippen LogP contribution >= 0.6 is 0 Å². The normalized spacial score (nSPS) is 53.6. The fourth-order valence-corrected chi connectivity index (χ4v) is 13.5. The van der Waals surface area contributed by atoms with Crippen molar-refractivity contribution in [3.63, 3.8) is 0 Å². The average molecular weight is 787 g/mol. The summed E-state index contributed by atoms with van der Waals surface area (Å²) in [4.78, 5) is 0. The van der Waals surface area contributed by atoms with Crippen molar-refractivity contribution in [2.45, 2.75) is 205 Å². The van der Waals surface area contributed by atoms with E-state index in [9.17, 15) is 46.0 Å². The van der Waals surface area contributed by atoms with Crippen molar-refractivity contribution in [3.05, 3.63) is 0 Å². The molecule has 55 heavy (non-hydrogen) atoms. The van der Waals surface area contributed by atoms with Crippen molar-refractivity contribution in [1.82, 2.24) is 0 Å². The Morgan fingerprint density at radius 1 is 0.800 bits per heavy atom. The van der Waals surface area contributed by atoms with Crippen LogP contribution in [0.2, 0.25) is 0 Å². The van der Waals surface area contributed by atoms with Gasteiger partial charge in [-0.1, -0.05) is 61.3 Å². The van der Waals surface area contributed by atoms with E-state index in [-0.39, 0.29) is 23.7 Å². The second-order valence-electron chi connectivity index (χ2n) is 20.7. The van der Waals surface area contributed by atoms with Crippen molar-refractivity contribution >= 4 is 0 Å². The summed E-state index contributed by atoms with van der Waals surface area (Å²) in [6, 6.07) is 0. The van der Waals surface area contributed by atoms with E-state index < -0.39 is 114 Å². The molecule has 0 amide bonds. The molecule has 2 heterocycles. The maximum absolute atomic E-state index is 12.3. The van der Waals surface area contributed by atoms with E-state index in [0.717, 1.165) is 25.7 Å². The number of hydrogen-bond acceptors (Lipinski definition) is 13. The van der Waals surface area contributed by atoms with Gasteiger partial charge < -0.3 is 64.9 Å². The minimum atomic E-state index is -1.69. The van der Waals surface area contributed by atoms with Crippen LogP contribution < -0.4 is 0 Å². The number of aliphatic hydroxyl groups excluding tert-OH is 8. The summed E-state index contributed by atoms with van der Waals surface area (Å²) in [5.74, 6) is 0.0764. The molecule has 0 spiro atoms. The van der Waals surface area contributed by atoms with Gasteiger partial charge >= 0.3 is 0 Å². The van der Waals surface area contributed by atoms with Crippen LogP contribution in [0.1, 0.15) is 120 Å². The number of ether oxygens (including phenoxy) is 4. The lowest BCUT2D eigenvalue weighted by atomic mass is 9.34. The Hall–Kier alpha value is -0.520. The maximum atomic E-state index is 12.3. The van der Waals surface area contributed by atoms with Crippen LogP contribution in [-0.2, 0) is 18.9 Å². The third-order valence-corrected chi connectivity index (χ3v) is 16.7. The molecule has 6 fully saturated rings. The summed E-state index contributed by atoms with van der Waals surface area (Å²) in [6.07, 6.45) is -9.74. The van der Waals surface area contributed by atoms with Gasteiger partial charge in [0.05, 0.1) is 36.6 Å². The van der Waals surface area contributed by atoms with Gasteiger partial charge in [-0.3, -0.25) is 0 Å². The molecule has 2 aliphatic heterocycles. The SMILES string of the molecule is CC(C)CCC[C@](C)(O)C1CC[C@]2(C)C1[C@H](O)CC1[C@@]3(C)CC[C@H](O)C(C)(C)C3[C@@H](O[C@H]3O[C@H](CO)[C@@H](O)[C@H](O)[C@H]3O[C@@H]3O[C@@H](C)[C@H](O)[C@@H](O)[C@H]3O)C[C@]12C. The lowest BCUT2D eigenvalue weighted by Crippen LogP contribution is -2.71. The summed E-state index contributed by atoms with van der Waals surface area (Å²) >= 11 is 0. The predicted octanol–water partition coefficient (Wildman–Crippen LogP) is 2.23. The van der Waals surface area contributed by atoms with E-state index in [2.05, 4.69) is 34.6 Å². The molecule has 0 radical (unpaired) electrons. The molecule has 0 aromatic carbocycles. The van der Waals surface area contributed by atoms with E-state index in [1.54, 1.807) is 0 Å². The van der Waals surface area contributed by atoms with Crippen LogP contribution in [0.4, 0.5) is 0 Å². The first-order valence-corrected chi connectivity index (χ1v) is 21.2. The minimum Gasteiger partial charge on any atom is -0.394 e. The topological polar surface area (TPSA) is 219 Å². The zero-order valence-corrected chi connectivity index (χ0v) is 34.6. The van der Waals surface area contributed by atoms with Gasteiger partial charge in [-0.05, 0) is 110 Å². The van der Waals surface area contributed by atoms with Crippen molar-refractivity contribution in [2.75, 3.05) is 6.61 Å². The number of rotatable bonds is 10. The van der Waals surface area contributed by atoms with Crippen LogP contribution in [0, 0.1) is 51.2 Å². The molecule has 6 aliphatic rings. The van der Waals surface area contributed by atoms with Crippen LogP contribution in [-0.4, -0.2) is 138 Å². The van der Waals surface area contributed by atoms with Gasteiger partial charge in [0.15, 0.2) is 12.6 Å². The molecule has 6 rings (SSSR count). The van der Waals surface area contributed by atoms with Gasteiger partial charge in [0.1, 0.15) is 42.7 Å². The Labute approximate surface area is 327 Å². The van der Waals surface area contributed by atoms with Gasteiger partial charge in [-0.15, -0.1) is 0 Å². The zero-order chi connectivity index (χ0) is 40.8. The van der Waals surface area contributed by atoms with Crippen LogP contribution in [0.3, 0.4) is 0 Å². The van der Waals surface area contributed by atoms with E-state index in [1.165, 1.54) is 6.92 Å². The number of aliphatic hydroxyl groups is 9. The van der Waals surface area contributed by atoms with Crippen molar-refractivity contribution in [2.24, 2.45) is 51.2 Å². The smallest absolute Gasteiger partial charge is 0.187 e. The molecule has 320 valence electrons. The molecule has 4 saturated carbocycles. The maximum Gasteiger partial charge on any atom is 0.187 e. The number of hydrogen-bond donors (Lipinski definition) is 9. The summed E-state index contributed by atoms with van der Waals surface area (Å²) in [5, 5.41) is 100. The highest BCUT2D eigenvalue weighted by Crippen LogP contribution is 2.76. The largest absolute Gasteiger partial charge is 0.394 e. The molecule has 0 aromatic heterocycles. The minimum absolute atomic E-state index is 0.0506. The Kier molecular flexibility index (Phi) is 12.4. The Morgan fingerprint density at radius 2 is 1.47 bits per heavy atom. The summed E-state index contributed by atoms with van der Waals surface area (Å²) in [7, 11) is 0. The third kappa shape index (κ3) is 7.18. The van der Waals surface area contributed by atoms with E-state index in [1.807, 2.05) is 20.8 Å². The highest BCUT2D eigenvalue weighted by Gasteiger charge is 2.73. The quantitative estimate of drug-likeness (QED) is 0.145. The summed E-state index contributed by atoms with van der Waals surface area (Å²) in [6.45, 7) is 18.2. The highest BCUT2D eigenvalue weighted by atomic mass is 16.8. The molecule has 13 heteroatoms. The van der Waals surface area contributed by atoms with Gasteiger partial charge in [-0.25, -0.2) is 0 Å². The third-order valence-electron chi connectivity index (χ3n) is 16.7. The van der Waals surface area contributed by atoms with E-state index in [4.69, 9.17) is 18.9 Å². The first kappa shape index (κ1) is 44.0. The monoisotopic (exact) mass is 787 g/mol. The Balaban J connectivity index is 1.38. The molecule has 13 nitrogen and oxygen atoms in total. The molecular formula is C42H74O13. The zero-order valence-electron chi connectivity index (χ0n) is 34.6. The van der Waals surface area contributed by atoms with E-state index in [0.29, 0.717) is 38.0 Å². The second kappa shape index (κ2) is 15.5. The summed E-state index contributed by atoms with van der Waals surface area (Å²) in [5.41, 5.74) is -2.83.